The Balaban J connectivity index is 1.60. The van der Waals surface area contributed by atoms with Crippen LogP contribution in [0.4, 0.5) is 22.0 Å². The van der Waals surface area contributed by atoms with Crippen molar-refractivity contribution < 1.29 is 41.4 Å². The van der Waals surface area contributed by atoms with Crippen LogP contribution in [-0.4, -0.2) is 41.2 Å². The molecule has 1 aromatic rings. The van der Waals surface area contributed by atoms with E-state index in [1.54, 1.807) is 43.3 Å². The molecule has 0 spiro atoms. The predicted octanol–water partition coefficient (Wildman–Crippen LogP) is 7.09. The zero-order valence-electron chi connectivity index (χ0n) is 22.5. The topological polar surface area (TPSA) is 63.6 Å². The van der Waals surface area contributed by atoms with Crippen LogP contribution in [0.3, 0.4) is 0 Å². The average Bonchev–Trinajstić information content (AvgIpc) is 3.18. The van der Waals surface area contributed by atoms with Gasteiger partial charge < -0.3 is 9.84 Å². The number of esters is 1. The number of halogens is 5. The maximum absolute atomic E-state index is 15.1. The number of fused-ring (bicyclic) bond motifs is 4. The van der Waals surface area contributed by atoms with Crippen LogP contribution in [0, 0.1) is 17.3 Å². The van der Waals surface area contributed by atoms with Gasteiger partial charge in [-0.2, -0.15) is 22.0 Å². The van der Waals surface area contributed by atoms with Crippen LogP contribution >= 0.6 is 0 Å². The van der Waals surface area contributed by atoms with Crippen molar-refractivity contribution in [1.82, 2.24) is 0 Å². The van der Waals surface area contributed by atoms with Gasteiger partial charge in [0, 0.05) is 23.8 Å². The third-order valence-electron chi connectivity index (χ3n) is 9.80. The van der Waals surface area contributed by atoms with Crippen LogP contribution in [0.5, 0.6) is 0 Å². The number of carbonyl (C=O) groups is 2. The number of alkyl halides is 5. The molecule has 1 N–H and O–H groups in total. The SMILES string of the molecule is CCOC(=O)C=Cc1ccc([C@H]2C[C@@]3(C)[C@@H](CC[C@@]3(O)C(F)(F)C(F)(F)F)[C@@H]3CCC4=CC(=O)CCC4=C32)cc1. The first-order chi connectivity index (χ1) is 18.7. The molecule has 4 aliphatic carbocycles. The molecule has 0 bridgehead atoms. The summed E-state index contributed by atoms with van der Waals surface area (Å²) in [4.78, 5) is 23.9. The first-order valence-electron chi connectivity index (χ1n) is 13.8. The minimum absolute atomic E-state index is 0.0350. The van der Waals surface area contributed by atoms with E-state index >= 15 is 8.78 Å². The van der Waals surface area contributed by atoms with Crippen molar-refractivity contribution in [2.24, 2.45) is 17.3 Å². The second kappa shape index (κ2) is 9.93. The monoisotopic (exact) mass is 564 g/mol. The van der Waals surface area contributed by atoms with Crippen LogP contribution in [0.15, 0.2) is 53.1 Å². The summed E-state index contributed by atoms with van der Waals surface area (Å²) < 4.78 is 76.1. The summed E-state index contributed by atoms with van der Waals surface area (Å²) >= 11 is 0. The summed E-state index contributed by atoms with van der Waals surface area (Å²) in [5.74, 6) is -7.05. The Morgan fingerprint density at radius 2 is 1.80 bits per heavy atom. The van der Waals surface area contributed by atoms with E-state index < -0.39 is 47.3 Å². The maximum Gasteiger partial charge on any atom is 0.456 e. The molecule has 40 heavy (non-hydrogen) atoms. The Morgan fingerprint density at radius 1 is 1.10 bits per heavy atom. The highest BCUT2D eigenvalue weighted by molar-refractivity contribution is 5.93. The standard InChI is InChI=1S/C31H33F5O4/c1-3-40-26(38)13-6-18-4-7-19(8-5-18)24-17-28(2)25(14-15-29(28,39)30(32,33)31(34,35)36)23-11-9-20-16-21(37)10-12-22(20)27(23)24/h4-8,13,16,23-25,39H,3,9-12,14-15,17H2,1-2H3/t23-,24+,25-,28-,29-/m0/s1. The fraction of sp³-hybridized carbons (Fsp3) is 0.548. The van der Waals surface area contributed by atoms with E-state index in [2.05, 4.69) is 0 Å². The summed E-state index contributed by atoms with van der Waals surface area (Å²) in [5.41, 5.74) is -0.534. The Labute approximate surface area is 230 Å². The van der Waals surface area contributed by atoms with Crippen LogP contribution in [0.2, 0.25) is 0 Å². The van der Waals surface area contributed by atoms with Crippen LogP contribution in [-0.2, 0) is 14.3 Å². The highest BCUT2D eigenvalue weighted by Crippen LogP contribution is 2.70. The van der Waals surface area contributed by atoms with E-state index in [-0.39, 0.29) is 31.1 Å². The van der Waals surface area contributed by atoms with E-state index in [9.17, 15) is 27.9 Å². The Bertz CT molecular complexity index is 1290. The molecule has 0 aromatic heterocycles. The van der Waals surface area contributed by atoms with Crippen molar-refractivity contribution in [3.8, 4) is 0 Å². The average molecular weight is 565 g/mol. The lowest BCUT2D eigenvalue weighted by Crippen LogP contribution is -2.65. The number of ether oxygens (including phenoxy) is 1. The normalized spacial score (nSPS) is 32.5. The van der Waals surface area contributed by atoms with Gasteiger partial charge in [-0.3, -0.25) is 4.79 Å². The molecular formula is C31H33F5O4. The minimum atomic E-state index is -5.88. The maximum atomic E-state index is 15.1. The largest absolute Gasteiger partial charge is 0.463 e. The zero-order valence-corrected chi connectivity index (χ0v) is 22.5. The number of ketones is 1. The van der Waals surface area contributed by atoms with E-state index in [1.165, 1.54) is 13.0 Å². The van der Waals surface area contributed by atoms with E-state index in [0.717, 1.165) is 22.3 Å². The van der Waals surface area contributed by atoms with Gasteiger partial charge in [-0.1, -0.05) is 36.8 Å². The predicted molar refractivity (Wildman–Crippen MR) is 138 cm³/mol. The van der Waals surface area contributed by atoms with Gasteiger partial charge in [0.05, 0.1) is 6.61 Å². The molecule has 0 heterocycles. The first kappa shape index (κ1) is 28.7. The van der Waals surface area contributed by atoms with Gasteiger partial charge >= 0.3 is 18.1 Å². The van der Waals surface area contributed by atoms with Crippen LogP contribution < -0.4 is 0 Å². The molecule has 1 aromatic carbocycles. The fourth-order valence-electron chi connectivity index (χ4n) is 7.91. The number of hydrogen-bond donors (Lipinski definition) is 1. The number of carbonyl (C=O) groups excluding carboxylic acids is 2. The molecule has 5 atom stereocenters. The molecule has 0 saturated heterocycles. The first-order valence-corrected chi connectivity index (χ1v) is 13.8. The molecule has 2 saturated carbocycles. The molecule has 4 nitrogen and oxygen atoms in total. The van der Waals surface area contributed by atoms with Gasteiger partial charge in [0.2, 0.25) is 0 Å². The quantitative estimate of drug-likeness (QED) is 0.236. The molecule has 0 unspecified atom stereocenters. The summed E-state index contributed by atoms with van der Waals surface area (Å²) in [6.07, 6.45) is -0.0623. The summed E-state index contributed by atoms with van der Waals surface area (Å²) in [7, 11) is 0. The molecule has 2 fully saturated rings. The second-order valence-corrected chi connectivity index (χ2v) is 11.7. The second-order valence-electron chi connectivity index (χ2n) is 11.7. The van der Waals surface area contributed by atoms with E-state index in [1.807, 2.05) is 0 Å². The third-order valence-corrected chi connectivity index (χ3v) is 9.80. The van der Waals surface area contributed by atoms with Crippen LogP contribution in [0.1, 0.15) is 75.8 Å². The van der Waals surface area contributed by atoms with Gasteiger partial charge in [-0.15, -0.1) is 0 Å². The number of hydrogen-bond acceptors (Lipinski definition) is 4. The van der Waals surface area contributed by atoms with Crippen molar-refractivity contribution in [1.29, 1.82) is 0 Å². The lowest BCUT2D eigenvalue weighted by molar-refractivity contribution is -0.362. The van der Waals surface area contributed by atoms with Crippen molar-refractivity contribution in [3.05, 3.63) is 64.3 Å². The fourth-order valence-corrected chi connectivity index (χ4v) is 7.91. The van der Waals surface area contributed by atoms with Crippen LogP contribution in [0.25, 0.3) is 6.08 Å². The summed E-state index contributed by atoms with van der Waals surface area (Å²) in [6, 6.07) is 7.11. The van der Waals surface area contributed by atoms with Gasteiger partial charge in [0.25, 0.3) is 0 Å². The molecule has 216 valence electrons. The molecule has 4 aliphatic rings. The van der Waals surface area contributed by atoms with Crippen molar-refractivity contribution in [3.63, 3.8) is 0 Å². The number of aliphatic hydroxyl groups is 1. The van der Waals surface area contributed by atoms with Crippen molar-refractivity contribution in [2.75, 3.05) is 6.61 Å². The lowest BCUT2D eigenvalue weighted by Gasteiger charge is -2.56. The Hall–Kier alpha value is -2.81. The minimum Gasteiger partial charge on any atom is -0.463 e. The zero-order chi connectivity index (χ0) is 29.1. The lowest BCUT2D eigenvalue weighted by atomic mass is 9.50. The smallest absolute Gasteiger partial charge is 0.456 e. The molecule has 0 aliphatic heterocycles. The molecular weight excluding hydrogens is 531 g/mol. The number of benzene rings is 1. The molecule has 5 rings (SSSR count). The van der Waals surface area contributed by atoms with Crippen molar-refractivity contribution >= 4 is 17.8 Å². The molecule has 9 heteroatoms. The molecule has 0 amide bonds. The number of allylic oxidation sites excluding steroid dienone is 4. The highest BCUT2D eigenvalue weighted by atomic mass is 19.4. The number of rotatable bonds is 5. The Kier molecular flexibility index (Phi) is 7.12. The summed E-state index contributed by atoms with van der Waals surface area (Å²) in [6.45, 7) is 3.34. The van der Waals surface area contributed by atoms with Gasteiger partial charge in [0.1, 0.15) is 5.60 Å². The van der Waals surface area contributed by atoms with Gasteiger partial charge in [-0.25, -0.2) is 4.79 Å². The van der Waals surface area contributed by atoms with Crippen molar-refractivity contribution in [2.45, 2.75) is 82.4 Å². The highest BCUT2D eigenvalue weighted by Gasteiger charge is 2.79. The van der Waals surface area contributed by atoms with Gasteiger partial charge in [-0.05, 0) is 91.7 Å². The van der Waals surface area contributed by atoms with E-state index in [0.29, 0.717) is 31.2 Å². The Morgan fingerprint density at radius 3 is 2.45 bits per heavy atom. The molecule has 0 radical (unpaired) electrons. The summed E-state index contributed by atoms with van der Waals surface area (Å²) in [5, 5.41) is 11.3. The van der Waals surface area contributed by atoms with Gasteiger partial charge in [0.15, 0.2) is 5.78 Å². The van der Waals surface area contributed by atoms with E-state index in [4.69, 9.17) is 4.74 Å². The third kappa shape index (κ3) is 4.35.